The summed E-state index contributed by atoms with van der Waals surface area (Å²) in [4.78, 5) is 16.5. The summed E-state index contributed by atoms with van der Waals surface area (Å²) in [6, 6.07) is 8.98. The summed E-state index contributed by atoms with van der Waals surface area (Å²) in [5.41, 5.74) is -0.153. The van der Waals surface area contributed by atoms with Crippen molar-refractivity contribution in [2.24, 2.45) is 0 Å². The zero-order valence-corrected chi connectivity index (χ0v) is 17.0. The molecule has 0 radical (unpaired) electrons. The molecule has 1 amide bonds. The van der Waals surface area contributed by atoms with E-state index in [1.165, 1.54) is 35.8 Å². The van der Waals surface area contributed by atoms with Crippen molar-refractivity contribution in [1.82, 2.24) is 14.3 Å². The molecule has 0 aliphatic rings. The Bertz CT molecular complexity index is 1190. The van der Waals surface area contributed by atoms with E-state index in [4.69, 9.17) is 11.6 Å². The summed E-state index contributed by atoms with van der Waals surface area (Å²) < 4.78 is 56.7. The number of imidazole rings is 1. The quantitative estimate of drug-likeness (QED) is 0.653. The van der Waals surface area contributed by atoms with Gasteiger partial charge in [0, 0.05) is 12.2 Å². The Morgan fingerprint density at radius 1 is 1.14 bits per heavy atom. The van der Waals surface area contributed by atoms with Crippen LogP contribution in [-0.2, 0) is 16.6 Å². The van der Waals surface area contributed by atoms with Crippen LogP contribution in [0.25, 0.3) is 11.3 Å². The minimum atomic E-state index is -4.28. The molecule has 0 atom stereocenters. The molecule has 0 aliphatic heterocycles. The maximum atomic E-state index is 14.2. The van der Waals surface area contributed by atoms with Crippen LogP contribution < -0.4 is 4.72 Å². The predicted octanol–water partition coefficient (Wildman–Crippen LogP) is 3.93. The van der Waals surface area contributed by atoms with Gasteiger partial charge in [-0.25, -0.2) is 26.9 Å². The van der Waals surface area contributed by atoms with Crippen LogP contribution in [0.3, 0.4) is 0 Å². The molecule has 6 nitrogen and oxygen atoms in total. The molecule has 29 heavy (non-hydrogen) atoms. The number of carbonyl (C=O) groups is 1. The van der Waals surface area contributed by atoms with E-state index in [0.29, 0.717) is 5.69 Å². The lowest BCUT2D eigenvalue weighted by atomic mass is 10.1. The van der Waals surface area contributed by atoms with Crippen LogP contribution in [0.2, 0.25) is 5.02 Å². The van der Waals surface area contributed by atoms with Crippen LogP contribution >= 0.6 is 11.6 Å². The Balaban J connectivity index is 2.06. The third kappa shape index (κ3) is 3.88. The second-order valence-corrected chi connectivity index (χ2v) is 8.13. The molecule has 3 rings (SSSR count). The van der Waals surface area contributed by atoms with Crippen molar-refractivity contribution >= 4 is 27.5 Å². The second kappa shape index (κ2) is 7.92. The fourth-order valence-electron chi connectivity index (χ4n) is 2.94. The van der Waals surface area contributed by atoms with Gasteiger partial charge >= 0.3 is 5.91 Å². The predicted molar refractivity (Wildman–Crippen MR) is 104 cm³/mol. The zero-order valence-electron chi connectivity index (χ0n) is 15.4. The Labute approximate surface area is 171 Å². The molecule has 0 bridgehead atoms. The van der Waals surface area contributed by atoms with Crippen molar-refractivity contribution in [3.63, 3.8) is 0 Å². The Morgan fingerprint density at radius 2 is 1.76 bits per heavy atom. The van der Waals surface area contributed by atoms with E-state index in [-0.39, 0.29) is 33.5 Å². The van der Waals surface area contributed by atoms with Crippen molar-refractivity contribution in [3.8, 4) is 11.3 Å². The number of carbonyl (C=O) groups excluding carboxylic acids is 1. The standard InChI is InChI=1S/C19H16ClF2N3O3S/c1-3-25-11(2)17(16-13(21)8-6-9-14(16)22)23-18(25)19(26)24-29(27,28)15-10-5-4-7-12(15)20/h4-10H,3H2,1-2H3,(H,24,26). The molecule has 1 heterocycles. The molecule has 2 aromatic carbocycles. The molecule has 0 unspecified atom stereocenters. The summed E-state index contributed by atoms with van der Waals surface area (Å²) >= 11 is 5.91. The molecule has 0 fully saturated rings. The first kappa shape index (κ1) is 20.9. The number of amides is 1. The van der Waals surface area contributed by atoms with Crippen LogP contribution in [0.5, 0.6) is 0 Å². The van der Waals surface area contributed by atoms with Gasteiger partial charge in [0.05, 0.1) is 16.3 Å². The minimum Gasteiger partial charge on any atom is -0.324 e. The molecule has 0 spiro atoms. The third-order valence-electron chi connectivity index (χ3n) is 4.29. The van der Waals surface area contributed by atoms with Crippen LogP contribution in [0.4, 0.5) is 8.78 Å². The normalized spacial score (nSPS) is 11.5. The van der Waals surface area contributed by atoms with Gasteiger partial charge < -0.3 is 4.57 Å². The largest absolute Gasteiger partial charge is 0.324 e. The van der Waals surface area contributed by atoms with Crippen molar-refractivity contribution in [1.29, 1.82) is 0 Å². The van der Waals surface area contributed by atoms with Crippen molar-refractivity contribution in [2.75, 3.05) is 0 Å². The fourth-order valence-corrected chi connectivity index (χ4v) is 4.41. The van der Waals surface area contributed by atoms with Crippen LogP contribution in [0.1, 0.15) is 23.2 Å². The number of hydrogen-bond donors (Lipinski definition) is 1. The molecule has 1 N–H and O–H groups in total. The molecule has 152 valence electrons. The van der Waals surface area contributed by atoms with Gasteiger partial charge in [0.2, 0.25) is 5.82 Å². The smallest absolute Gasteiger partial charge is 0.301 e. The van der Waals surface area contributed by atoms with E-state index in [1.54, 1.807) is 13.0 Å². The Hall–Kier alpha value is -2.78. The molecule has 0 saturated carbocycles. The van der Waals surface area contributed by atoms with E-state index in [9.17, 15) is 22.0 Å². The number of hydrogen-bond acceptors (Lipinski definition) is 4. The average molecular weight is 440 g/mol. The molecule has 10 heteroatoms. The number of halogens is 3. The topological polar surface area (TPSA) is 81.1 Å². The van der Waals surface area contributed by atoms with E-state index < -0.39 is 27.6 Å². The molecule has 0 aliphatic carbocycles. The van der Waals surface area contributed by atoms with Crippen molar-refractivity contribution in [2.45, 2.75) is 25.3 Å². The summed E-state index contributed by atoms with van der Waals surface area (Å²) in [5.74, 6) is -3.02. The van der Waals surface area contributed by atoms with Gasteiger partial charge in [-0.1, -0.05) is 29.8 Å². The maximum absolute atomic E-state index is 14.2. The molecular weight excluding hydrogens is 424 g/mol. The van der Waals surface area contributed by atoms with Gasteiger partial charge in [-0.2, -0.15) is 0 Å². The zero-order chi connectivity index (χ0) is 21.3. The van der Waals surface area contributed by atoms with Crippen LogP contribution in [0.15, 0.2) is 47.4 Å². The first-order valence-corrected chi connectivity index (χ1v) is 10.4. The number of rotatable bonds is 5. The first-order chi connectivity index (χ1) is 13.7. The maximum Gasteiger partial charge on any atom is 0.301 e. The monoisotopic (exact) mass is 439 g/mol. The van der Waals surface area contributed by atoms with E-state index >= 15 is 0 Å². The number of sulfonamides is 1. The lowest BCUT2D eigenvalue weighted by molar-refractivity contribution is 0.0967. The summed E-state index contributed by atoms with van der Waals surface area (Å²) in [5, 5.41) is -0.0584. The molecular formula is C19H16ClF2N3O3S. The summed E-state index contributed by atoms with van der Waals surface area (Å²) in [6.45, 7) is 3.45. The molecule has 3 aromatic rings. The van der Waals surface area contributed by atoms with Gasteiger partial charge in [0.1, 0.15) is 16.5 Å². The SMILES string of the molecule is CCn1c(C(=O)NS(=O)(=O)c2ccccc2Cl)nc(-c2c(F)cccc2F)c1C. The first-order valence-electron chi connectivity index (χ1n) is 8.50. The van der Waals surface area contributed by atoms with E-state index in [0.717, 1.165) is 12.1 Å². The summed E-state index contributed by atoms with van der Waals surface area (Å²) in [6.07, 6.45) is 0. The highest BCUT2D eigenvalue weighted by atomic mass is 35.5. The third-order valence-corrected chi connectivity index (χ3v) is 6.12. The van der Waals surface area contributed by atoms with Gasteiger partial charge in [0.25, 0.3) is 10.0 Å². The van der Waals surface area contributed by atoms with Gasteiger partial charge in [0.15, 0.2) is 0 Å². The number of nitrogens with zero attached hydrogens (tertiary/aromatic N) is 2. The molecule has 0 saturated heterocycles. The van der Waals surface area contributed by atoms with Crippen LogP contribution in [0, 0.1) is 18.6 Å². The van der Waals surface area contributed by atoms with E-state index in [1.807, 2.05) is 4.72 Å². The van der Waals surface area contributed by atoms with Gasteiger partial charge in [-0.3, -0.25) is 4.79 Å². The Morgan fingerprint density at radius 3 is 2.34 bits per heavy atom. The lowest BCUT2D eigenvalue weighted by Gasteiger charge is -2.09. The summed E-state index contributed by atoms with van der Waals surface area (Å²) in [7, 11) is -4.28. The minimum absolute atomic E-state index is 0.0584. The lowest BCUT2D eigenvalue weighted by Crippen LogP contribution is -2.33. The van der Waals surface area contributed by atoms with Crippen molar-refractivity contribution in [3.05, 3.63) is 70.6 Å². The highest BCUT2D eigenvalue weighted by molar-refractivity contribution is 7.90. The second-order valence-electron chi connectivity index (χ2n) is 6.08. The number of nitrogens with one attached hydrogen (secondary N) is 1. The van der Waals surface area contributed by atoms with E-state index in [2.05, 4.69) is 4.98 Å². The highest BCUT2D eigenvalue weighted by Crippen LogP contribution is 2.29. The highest BCUT2D eigenvalue weighted by Gasteiger charge is 2.27. The van der Waals surface area contributed by atoms with Gasteiger partial charge in [-0.15, -0.1) is 0 Å². The van der Waals surface area contributed by atoms with Crippen molar-refractivity contribution < 1.29 is 22.0 Å². The molecule has 1 aromatic heterocycles. The van der Waals surface area contributed by atoms with Crippen LogP contribution in [-0.4, -0.2) is 23.9 Å². The van der Waals surface area contributed by atoms with Gasteiger partial charge in [-0.05, 0) is 38.1 Å². The number of benzene rings is 2. The number of aromatic nitrogens is 2. The average Bonchev–Trinajstić information content (AvgIpc) is 2.98. The fraction of sp³-hybridized carbons (Fsp3) is 0.158. The Kier molecular flexibility index (Phi) is 5.72.